The number of methoxy groups -OCH3 is 1. The van der Waals surface area contributed by atoms with Crippen molar-refractivity contribution in [1.82, 2.24) is 4.90 Å². The van der Waals surface area contributed by atoms with Gasteiger partial charge >= 0.3 is 0 Å². The van der Waals surface area contributed by atoms with E-state index in [1.165, 1.54) is 0 Å². The molecule has 1 saturated heterocycles. The van der Waals surface area contributed by atoms with Crippen LogP contribution in [0.1, 0.15) is 26.2 Å². The Hall–Kier alpha value is -0.220. The number of nitrogens with zero attached hydrogens (tertiary/aromatic N) is 1. The van der Waals surface area contributed by atoms with Gasteiger partial charge in [0.1, 0.15) is 0 Å². The molecule has 0 aromatic carbocycles. The first kappa shape index (κ1) is 11.3. The number of halogens is 2. The fourth-order valence-corrected chi connectivity index (χ4v) is 2.42. The molecule has 2 nitrogen and oxygen atoms in total. The molecule has 0 aromatic heterocycles. The molecule has 1 aliphatic heterocycles. The van der Waals surface area contributed by atoms with E-state index >= 15 is 0 Å². The topological polar surface area (TPSA) is 12.5 Å². The molecule has 2 rings (SSSR count). The molecule has 1 saturated carbocycles. The molecule has 88 valence electrons. The van der Waals surface area contributed by atoms with Gasteiger partial charge in [0, 0.05) is 19.1 Å². The van der Waals surface area contributed by atoms with E-state index in [0.29, 0.717) is 18.6 Å². The standard InChI is InChI=1S/C11H19F2NO/c1-8-3-4-14(7-11(8,12)13)9-5-10(6-9)15-2/h8-10H,3-7H2,1-2H3. The van der Waals surface area contributed by atoms with E-state index in [-0.39, 0.29) is 6.54 Å². The second-order valence-electron chi connectivity index (χ2n) is 4.90. The largest absolute Gasteiger partial charge is 0.381 e. The lowest BCUT2D eigenvalue weighted by atomic mass is 9.84. The highest BCUT2D eigenvalue weighted by Gasteiger charge is 2.45. The lowest BCUT2D eigenvalue weighted by Crippen LogP contribution is -2.56. The molecular formula is C11H19F2NO. The summed E-state index contributed by atoms with van der Waals surface area (Å²) in [5.41, 5.74) is 0. The van der Waals surface area contributed by atoms with Gasteiger partial charge < -0.3 is 4.74 Å². The van der Waals surface area contributed by atoms with Crippen molar-refractivity contribution in [3.8, 4) is 0 Å². The molecule has 1 unspecified atom stereocenters. The third-order valence-electron chi connectivity index (χ3n) is 3.90. The third-order valence-corrected chi connectivity index (χ3v) is 3.90. The van der Waals surface area contributed by atoms with Gasteiger partial charge in [0.05, 0.1) is 12.6 Å². The fourth-order valence-electron chi connectivity index (χ4n) is 2.42. The average Bonchev–Trinajstić information content (AvgIpc) is 2.09. The Morgan fingerprint density at radius 2 is 2.00 bits per heavy atom. The number of likely N-dealkylation sites (tertiary alicyclic amines) is 1. The summed E-state index contributed by atoms with van der Waals surface area (Å²) in [4.78, 5) is 1.94. The van der Waals surface area contributed by atoms with Gasteiger partial charge in [-0.1, -0.05) is 6.92 Å². The van der Waals surface area contributed by atoms with Crippen LogP contribution in [0.15, 0.2) is 0 Å². The van der Waals surface area contributed by atoms with Crippen LogP contribution >= 0.6 is 0 Å². The van der Waals surface area contributed by atoms with Gasteiger partial charge in [0.15, 0.2) is 0 Å². The SMILES string of the molecule is COC1CC(N2CCC(C)C(F)(F)C2)C1. The molecule has 0 radical (unpaired) electrons. The Morgan fingerprint density at radius 1 is 1.33 bits per heavy atom. The van der Waals surface area contributed by atoms with Crippen molar-refractivity contribution in [1.29, 1.82) is 0 Å². The summed E-state index contributed by atoms with van der Waals surface area (Å²) < 4.78 is 32.1. The highest BCUT2D eigenvalue weighted by molar-refractivity contribution is 4.93. The van der Waals surface area contributed by atoms with E-state index in [1.54, 1.807) is 14.0 Å². The molecule has 0 N–H and O–H groups in total. The molecular weight excluding hydrogens is 200 g/mol. The number of hydrogen-bond donors (Lipinski definition) is 0. The molecule has 15 heavy (non-hydrogen) atoms. The van der Waals surface area contributed by atoms with Crippen LogP contribution in [-0.4, -0.2) is 43.2 Å². The van der Waals surface area contributed by atoms with Gasteiger partial charge in [-0.3, -0.25) is 4.90 Å². The van der Waals surface area contributed by atoms with Gasteiger partial charge in [0.2, 0.25) is 0 Å². The van der Waals surface area contributed by atoms with Gasteiger partial charge in [-0.25, -0.2) is 8.78 Å². The molecule has 2 fully saturated rings. The molecule has 1 heterocycles. The maximum absolute atomic E-state index is 13.5. The van der Waals surface area contributed by atoms with Crippen molar-refractivity contribution in [2.24, 2.45) is 5.92 Å². The van der Waals surface area contributed by atoms with Crippen LogP contribution in [0.5, 0.6) is 0 Å². The van der Waals surface area contributed by atoms with E-state index in [2.05, 4.69) is 0 Å². The minimum atomic E-state index is -2.50. The predicted octanol–water partition coefficient (Wildman–Crippen LogP) is 2.14. The van der Waals surface area contributed by atoms with Crippen LogP contribution in [0.25, 0.3) is 0 Å². The number of hydrogen-bond acceptors (Lipinski definition) is 2. The number of piperidine rings is 1. The molecule has 2 aliphatic rings. The minimum Gasteiger partial charge on any atom is -0.381 e. The van der Waals surface area contributed by atoms with E-state index in [0.717, 1.165) is 19.4 Å². The molecule has 0 bridgehead atoms. The van der Waals surface area contributed by atoms with Crippen LogP contribution < -0.4 is 0 Å². The minimum absolute atomic E-state index is 0.0603. The van der Waals surface area contributed by atoms with E-state index in [1.807, 2.05) is 4.90 Å². The van der Waals surface area contributed by atoms with Crippen LogP contribution in [0.4, 0.5) is 8.78 Å². The summed E-state index contributed by atoms with van der Waals surface area (Å²) in [5.74, 6) is -2.97. The van der Waals surface area contributed by atoms with Crippen molar-refractivity contribution in [3.63, 3.8) is 0 Å². The second-order valence-corrected chi connectivity index (χ2v) is 4.90. The third kappa shape index (κ3) is 2.16. The Bertz CT molecular complexity index is 229. The van der Waals surface area contributed by atoms with Crippen LogP contribution in [-0.2, 0) is 4.74 Å². The Balaban J connectivity index is 1.86. The van der Waals surface area contributed by atoms with Gasteiger partial charge in [0.25, 0.3) is 5.92 Å². The number of ether oxygens (including phenoxy) is 1. The van der Waals surface area contributed by atoms with Crippen molar-refractivity contribution in [2.45, 2.75) is 44.3 Å². The summed E-state index contributed by atoms with van der Waals surface area (Å²) in [6, 6.07) is 0.327. The summed E-state index contributed by atoms with van der Waals surface area (Å²) in [7, 11) is 1.69. The molecule has 0 amide bonds. The van der Waals surface area contributed by atoms with Crippen molar-refractivity contribution in [3.05, 3.63) is 0 Å². The highest BCUT2D eigenvalue weighted by atomic mass is 19.3. The zero-order valence-corrected chi connectivity index (χ0v) is 9.38. The van der Waals surface area contributed by atoms with Crippen molar-refractivity contribution in [2.75, 3.05) is 20.2 Å². The number of rotatable bonds is 2. The molecule has 1 atom stereocenters. The first-order valence-electron chi connectivity index (χ1n) is 5.67. The zero-order valence-electron chi connectivity index (χ0n) is 9.38. The fraction of sp³-hybridized carbons (Fsp3) is 1.00. The maximum atomic E-state index is 13.5. The molecule has 0 spiro atoms. The Labute approximate surface area is 89.6 Å². The smallest absolute Gasteiger partial charge is 0.263 e. The van der Waals surface area contributed by atoms with Gasteiger partial charge in [-0.15, -0.1) is 0 Å². The lowest BCUT2D eigenvalue weighted by Gasteiger charge is -2.46. The normalized spacial score (nSPS) is 41.2. The molecule has 0 aromatic rings. The van der Waals surface area contributed by atoms with Gasteiger partial charge in [-0.2, -0.15) is 0 Å². The van der Waals surface area contributed by atoms with Crippen LogP contribution in [0, 0.1) is 5.92 Å². The van der Waals surface area contributed by atoms with Gasteiger partial charge in [-0.05, 0) is 25.8 Å². The maximum Gasteiger partial charge on any atom is 0.263 e. The highest BCUT2D eigenvalue weighted by Crippen LogP contribution is 2.37. The first-order valence-corrected chi connectivity index (χ1v) is 5.67. The zero-order chi connectivity index (χ0) is 11.1. The summed E-state index contributed by atoms with van der Waals surface area (Å²) in [6.07, 6.45) is 2.74. The Morgan fingerprint density at radius 3 is 2.53 bits per heavy atom. The first-order chi connectivity index (χ1) is 7.03. The second kappa shape index (κ2) is 3.98. The summed E-state index contributed by atoms with van der Waals surface area (Å²) >= 11 is 0. The lowest BCUT2D eigenvalue weighted by molar-refractivity contribution is -0.133. The van der Waals surface area contributed by atoms with E-state index in [9.17, 15) is 8.78 Å². The van der Waals surface area contributed by atoms with Crippen molar-refractivity contribution >= 4 is 0 Å². The Kier molecular flexibility index (Phi) is 2.99. The van der Waals surface area contributed by atoms with Crippen LogP contribution in [0.3, 0.4) is 0 Å². The van der Waals surface area contributed by atoms with E-state index < -0.39 is 11.8 Å². The summed E-state index contributed by atoms with van der Waals surface area (Å²) in [6.45, 7) is 2.41. The molecule has 1 aliphatic carbocycles. The quantitative estimate of drug-likeness (QED) is 0.705. The number of alkyl halides is 2. The molecule has 4 heteroatoms. The average molecular weight is 219 g/mol. The van der Waals surface area contributed by atoms with Crippen molar-refractivity contribution < 1.29 is 13.5 Å². The van der Waals surface area contributed by atoms with Crippen LogP contribution in [0.2, 0.25) is 0 Å². The monoisotopic (exact) mass is 219 g/mol. The predicted molar refractivity (Wildman–Crippen MR) is 54.1 cm³/mol. The summed E-state index contributed by atoms with van der Waals surface area (Å²) in [5, 5.41) is 0. The van der Waals surface area contributed by atoms with E-state index in [4.69, 9.17) is 4.74 Å².